The molecule has 1 aliphatic carbocycles. The van der Waals surface area contributed by atoms with Crippen molar-refractivity contribution < 1.29 is 9.53 Å². The number of amides is 1. The second-order valence-corrected chi connectivity index (χ2v) is 8.44. The Morgan fingerprint density at radius 3 is 2.65 bits per heavy atom. The molecule has 0 aromatic carbocycles. The molecule has 0 spiro atoms. The van der Waals surface area contributed by atoms with Gasteiger partial charge in [-0.1, -0.05) is 0 Å². The molecule has 2 saturated heterocycles. The molecule has 4 rings (SSSR count). The zero-order chi connectivity index (χ0) is 17.9. The summed E-state index contributed by atoms with van der Waals surface area (Å²) in [5.74, 6) is 2.28. The molecule has 0 radical (unpaired) electrons. The van der Waals surface area contributed by atoms with Crippen molar-refractivity contribution in [1.29, 1.82) is 0 Å². The average molecular weight is 357 g/mol. The van der Waals surface area contributed by atoms with Crippen LogP contribution in [-0.4, -0.2) is 60.6 Å². The van der Waals surface area contributed by atoms with Crippen LogP contribution in [0.2, 0.25) is 0 Å². The number of ether oxygens (including phenoxy) is 1. The maximum atomic E-state index is 12.8. The molecule has 2 aliphatic heterocycles. The van der Waals surface area contributed by atoms with Crippen LogP contribution in [0.1, 0.15) is 31.2 Å². The molecule has 3 aliphatic rings. The number of rotatable bonds is 6. The monoisotopic (exact) mass is 357 g/mol. The van der Waals surface area contributed by atoms with Gasteiger partial charge in [-0.2, -0.15) is 0 Å². The van der Waals surface area contributed by atoms with Crippen molar-refractivity contribution >= 4 is 5.91 Å². The molecule has 0 N–H and O–H groups in total. The molecule has 1 saturated carbocycles. The van der Waals surface area contributed by atoms with Crippen molar-refractivity contribution in [2.75, 3.05) is 39.9 Å². The number of aromatic nitrogens is 1. The number of pyridine rings is 1. The number of likely N-dealkylation sites (tertiary alicyclic amines) is 2. The lowest BCUT2D eigenvalue weighted by Gasteiger charge is -2.41. The minimum Gasteiger partial charge on any atom is -0.381 e. The van der Waals surface area contributed by atoms with Gasteiger partial charge >= 0.3 is 0 Å². The largest absolute Gasteiger partial charge is 0.381 e. The third kappa shape index (κ3) is 4.26. The number of hydrogen-bond acceptors (Lipinski definition) is 4. The topological polar surface area (TPSA) is 45.7 Å². The lowest BCUT2D eigenvalue weighted by atomic mass is 9.75. The first-order chi connectivity index (χ1) is 12.7. The summed E-state index contributed by atoms with van der Waals surface area (Å²) in [4.78, 5) is 21.3. The third-order valence-electron chi connectivity index (χ3n) is 6.40. The minimum absolute atomic E-state index is 0.172. The predicted octanol–water partition coefficient (Wildman–Crippen LogP) is 2.42. The average Bonchev–Trinajstić information content (AvgIpc) is 3.48. The van der Waals surface area contributed by atoms with Crippen molar-refractivity contribution in [2.45, 2.75) is 32.2 Å². The van der Waals surface area contributed by atoms with Crippen LogP contribution in [0.15, 0.2) is 24.5 Å². The van der Waals surface area contributed by atoms with Crippen LogP contribution in [0.3, 0.4) is 0 Å². The molecule has 3 atom stereocenters. The Bertz CT molecular complexity index is 605. The van der Waals surface area contributed by atoms with E-state index in [-0.39, 0.29) is 5.92 Å². The van der Waals surface area contributed by atoms with Crippen molar-refractivity contribution in [3.63, 3.8) is 0 Å². The summed E-state index contributed by atoms with van der Waals surface area (Å²) in [6.07, 6.45) is 8.46. The molecule has 1 aromatic rings. The van der Waals surface area contributed by atoms with Gasteiger partial charge in [0, 0.05) is 51.0 Å². The van der Waals surface area contributed by atoms with Crippen LogP contribution >= 0.6 is 0 Å². The highest BCUT2D eigenvalue weighted by molar-refractivity contribution is 5.79. The molecule has 142 valence electrons. The highest BCUT2D eigenvalue weighted by Crippen LogP contribution is 2.37. The van der Waals surface area contributed by atoms with Gasteiger partial charge in [-0.15, -0.1) is 0 Å². The van der Waals surface area contributed by atoms with E-state index in [1.54, 1.807) is 0 Å². The van der Waals surface area contributed by atoms with Crippen LogP contribution in [0.25, 0.3) is 0 Å². The third-order valence-corrected chi connectivity index (χ3v) is 6.40. The molecule has 0 unspecified atom stereocenters. The van der Waals surface area contributed by atoms with Gasteiger partial charge in [0.1, 0.15) is 0 Å². The van der Waals surface area contributed by atoms with Crippen molar-refractivity contribution in [2.24, 2.45) is 23.7 Å². The first-order valence-electron chi connectivity index (χ1n) is 10.1. The second kappa shape index (κ2) is 8.05. The van der Waals surface area contributed by atoms with Gasteiger partial charge in [0.25, 0.3) is 0 Å². The first kappa shape index (κ1) is 17.9. The highest BCUT2D eigenvalue weighted by Gasteiger charge is 2.42. The summed E-state index contributed by atoms with van der Waals surface area (Å²) in [7, 11) is 1.96. The molecule has 3 heterocycles. The number of nitrogens with zero attached hydrogens (tertiary/aromatic N) is 3. The van der Waals surface area contributed by atoms with E-state index in [0.29, 0.717) is 17.7 Å². The second-order valence-electron chi connectivity index (χ2n) is 8.44. The Hall–Kier alpha value is -1.46. The van der Waals surface area contributed by atoms with Crippen molar-refractivity contribution in [1.82, 2.24) is 14.8 Å². The Morgan fingerprint density at radius 2 is 1.88 bits per heavy atom. The Balaban J connectivity index is 1.38. The van der Waals surface area contributed by atoms with Crippen LogP contribution in [0, 0.1) is 23.7 Å². The number of piperidine rings is 1. The minimum atomic E-state index is 0.172. The smallest absolute Gasteiger partial charge is 0.225 e. The molecule has 5 nitrogen and oxygen atoms in total. The van der Waals surface area contributed by atoms with E-state index in [2.05, 4.69) is 22.0 Å². The van der Waals surface area contributed by atoms with Gasteiger partial charge in [-0.05, 0) is 68.3 Å². The van der Waals surface area contributed by atoms with E-state index in [0.717, 1.165) is 58.2 Å². The molecule has 3 fully saturated rings. The maximum absolute atomic E-state index is 12.8. The molecular weight excluding hydrogens is 326 g/mol. The molecule has 1 amide bonds. The zero-order valence-electron chi connectivity index (χ0n) is 15.8. The molecule has 1 aromatic heterocycles. The number of hydrogen-bond donors (Lipinski definition) is 0. The fourth-order valence-corrected chi connectivity index (χ4v) is 4.66. The lowest BCUT2D eigenvalue weighted by Crippen LogP contribution is -2.50. The number of carbonyl (C=O) groups is 1. The summed E-state index contributed by atoms with van der Waals surface area (Å²) in [5.41, 5.74) is 1.30. The number of fused-ring (bicyclic) bond motifs is 1. The van der Waals surface area contributed by atoms with Gasteiger partial charge in [-0.25, -0.2) is 0 Å². The van der Waals surface area contributed by atoms with Crippen molar-refractivity contribution in [3.8, 4) is 0 Å². The summed E-state index contributed by atoms with van der Waals surface area (Å²) < 4.78 is 6.03. The van der Waals surface area contributed by atoms with Crippen LogP contribution < -0.4 is 0 Å². The Kier molecular flexibility index (Phi) is 5.55. The van der Waals surface area contributed by atoms with E-state index in [1.807, 2.05) is 24.3 Å². The van der Waals surface area contributed by atoms with E-state index in [9.17, 15) is 4.79 Å². The highest BCUT2D eigenvalue weighted by atomic mass is 16.5. The SMILES string of the molecule is CN1C[C@@H](COCC2CC2)[C@@H]2CCN(Cc3ccncc3)CC[C@@H]2C1=O. The summed E-state index contributed by atoms with van der Waals surface area (Å²) in [6.45, 7) is 5.61. The van der Waals surface area contributed by atoms with Gasteiger partial charge in [0.05, 0.1) is 6.61 Å². The Morgan fingerprint density at radius 1 is 1.12 bits per heavy atom. The number of carbonyl (C=O) groups excluding carboxylic acids is 1. The first-order valence-corrected chi connectivity index (χ1v) is 10.1. The summed E-state index contributed by atoms with van der Waals surface area (Å²) in [5, 5.41) is 0. The van der Waals surface area contributed by atoms with E-state index in [1.165, 1.54) is 18.4 Å². The molecule has 5 heteroatoms. The van der Waals surface area contributed by atoms with Gasteiger partial charge in [0.15, 0.2) is 0 Å². The molecular formula is C21H31N3O2. The molecule has 0 bridgehead atoms. The fourth-order valence-electron chi connectivity index (χ4n) is 4.66. The predicted molar refractivity (Wildman–Crippen MR) is 100 cm³/mol. The van der Waals surface area contributed by atoms with Crippen LogP contribution in [0.5, 0.6) is 0 Å². The Labute approximate surface area is 156 Å². The summed E-state index contributed by atoms with van der Waals surface area (Å²) in [6, 6.07) is 4.18. The zero-order valence-corrected chi connectivity index (χ0v) is 15.8. The summed E-state index contributed by atoms with van der Waals surface area (Å²) >= 11 is 0. The van der Waals surface area contributed by atoms with Gasteiger partial charge < -0.3 is 9.64 Å². The normalized spacial score (nSPS) is 30.1. The van der Waals surface area contributed by atoms with E-state index >= 15 is 0 Å². The molecule has 26 heavy (non-hydrogen) atoms. The van der Waals surface area contributed by atoms with E-state index < -0.39 is 0 Å². The van der Waals surface area contributed by atoms with Crippen LogP contribution in [0.4, 0.5) is 0 Å². The van der Waals surface area contributed by atoms with E-state index in [4.69, 9.17) is 4.74 Å². The van der Waals surface area contributed by atoms with Crippen molar-refractivity contribution in [3.05, 3.63) is 30.1 Å². The van der Waals surface area contributed by atoms with Gasteiger partial charge in [0.2, 0.25) is 5.91 Å². The fraction of sp³-hybridized carbons (Fsp3) is 0.714. The quantitative estimate of drug-likeness (QED) is 0.784. The van der Waals surface area contributed by atoms with Gasteiger partial charge in [-0.3, -0.25) is 14.7 Å². The lowest BCUT2D eigenvalue weighted by molar-refractivity contribution is -0.144. The maximum Gasteiger partial charge on any atom is 0.225 e. The standard InChI is InChI=1S/C21H31N3O2/c1-23-13-18(15-26-14-17-2-3-17)19-6-10-24(11-7-20(19)21(23)25)12-16-4-8-22-9-5-16/h4-5,8-9,17-20H,2-3,6-7,10-15H2,1H3/t18-,19-,20-/m0/s1. The van der Waals surface area contributed by atoms with Crippen LogP contribution in [-0.2, 0) is 16.1 Å².